The molecule has 0 radical (unpaired) electrons. The molecule has 24 heavy (non-hydrogen) atoms. The first-order valence-corrected chi connectivity index (χ1v) is 19.4. The number of hydrogen-bond donors (Lipinski definition) is 0. The van der Waals surface area contributed by atoms with E-state index in [1.165, 1.54) is 26.3 Å². The fraction of sp³-hybridized carbons (Fsp3) is 0.364. The van der Waals surface area contributed by atoms with E-state index in [-0.39, 0.29) is 0 Å². The van der Waals surface area contributed by atoms with Gasteiger partial charge >= 0.3 is 152 Å². The second kappa shape index (κ2) is 6.11. The van der Waals surface area contributed by atoms with E-state index in [4.69, 9.17) is 0 Å². The summed E-state index contributed by atoms with van der Waals surface area (Å²) in [6, 6.07) is 15.5. The molecule has 2 aromatic rings. The Balaban J connectivity index is 1.96. The summed E-state index contributed by atoms with van der Waals surface area (Å²) in [5, 5.41) is 7.90. The molecule has 1 aliphatic carbocycles. The molecule has 0 saturated heterocycles. The molecule has 1 atom stereocenters. The van der Waals surface area contributed by atoms with E-state index in [1.54, 1.807) is 0 Å². The van der Waals surface area contributed by atoms with Gasteiger partial charge in [-0.2, -0.15) is 0 Å². The molecule has 1 aliphatic rings. The van der Waals surface area contributed by atoms with Crippen LogP contribution in [-0.2, 0) is 16.1 Å². The Kier molecular flexibility index (Phi) is 4.56. The molecule has 2 aromatic carbocycles. The first-order valence-electron chi connectivity index (χ1n) is 8.42. The van der Waals surface area contributed by atoms with Crippen LogP contribution < -0.4 is 0 Å². The Morgan fingerprint density at radius 3 is 2.29 bits per heavy atom. The SMILES string of the molecule is C[C]1([Pt]([CH3])([CH3])[CH2][Si](C)(C)C)C=CC(c2ccc3ccccc3c2)=C1. The van der Waals surface area contributed by atoms with Crippen LogP contribution in [-0.4, -0.2) is 8.07 Å². The summed E-state index contributed by atoms with van der Waals surface area (Å²) in [4.78, 5) is 0. The second-order valence-electron chi connectivity index (χ2n) is 8.44. The molecule has 0 bridgehead atoms. The van der Waals surface area contributed by atoms with Gasteiger partial charge in [-0.25, -0.2) is 0 Å². The van der Waals surface area contributed by atoms with Gasteiger partial charge in [0.15, 0.2) is 0 Å². The molecule has 0 fully saturated rings. The monoisotopic (exact) mass is 517 g/mol. The summed E-state index contributed by atoms with van der Waals surface area (Å²) < 4.78 is 1.83. The third-order valence-electron chi connectivity index (χ3n) is 4.63. The minimum atomic E-state index is -1.85. The molecule has 132 valence electrons. The average molecular weight is 518 g/mol. The van der Waals surface area contributed by atoms with Crippen LogP contribution >= 0.6 is 0 Å². The standard InChI is InChI=1S/C16H13.C4H11Si.2CH3.Pt/c1-12-6-7-15(10-12)16-9-8-13-4-2-3-5-14(13)11-16;1-5(2,3)4;;;/h2-11H,1H3;1H2,2-4H3;2*1H3;. The number of allylic oxidation sites excluding steroid dienone is 4. The van der Waals surface area contributed by atoms with Crippen molar-refractivity contribution >= 4 is 24.4 Å². The topological polar surface area (TPSA) is 0 Å². The number of hydrogen-bond acceptors (Lipinski definition) is 0. The van der Waals surface area contributed by atoms with Crippen LogP contribution in [0.5, 0.6) is 0 Å². The summed E-state index contributed by atoms with van der Waals surface area (Å²) in [5.74, 6) is 0. The Hall–Kier alpha value is -0.915. The first kappa shape index (κ1) is 17.9. The third-order valence-corrected chi connectivity index (χ3v) is 26.4. The van der Waals surface area contributed by atoms with Gasteiger partial charge in [-0.05, 0) is 0 Å². The van der Waals surface area contributed by atoms with E-state index >= 15 is 0 Å². The van der Waals surface area contributed by atoms with Gasteiger partial charge in [-0.3, -0.25) is 0 Å². The summed E-state index contributed by atoms with van der Waals surface area (Å²) in [6.07, 6.45) is 7.46. The Morgan fingerprint density at radius 1 is 0.958 bits per heavy atom. The normalized spacial score (nSPS) is 22.0. The average Bonchev–Trinajstić information content (AvgIpc) is 2.89. The molecule has 0 heterocycles. The van der Waals surface area contributed by atoms with Crippen molar-refractivity contribution in [2.24, 2.45) is 0 Å². The molecule has 0 amide bonds. The van der Waals surface area contributed by atoms with Crippen molar-refractivity contribution in [3.05, 3.63) is 66.3 Å². The van der Waals surface area contributed by atoms with Crippen LogP contribution in [0.4, 0.5) is 0 Å². The third kappa shape index (κ3) is 3.53. The predicted octanol–water partition coefficient (Wildman–Crippen LogP) is 7.52. The quantitative estimate of drug-likeness (QED) is 0.368. The van der Waals surface area contributed by atoms with E-state index in [1.807, 2.05) is 0 Å². The van der Waals surface area contributed by atoms with Gasteiger partial charge < -0.3 is 0 Å². The van der Waals surface area contributed by atoms with Crippen molar-refractivity contribution in [1.29, 1.82) is 0 Å². The summed E-state index contributed by atoms with van der Waals surface area (Å²) in [6.45, 7) is 10.0. The fourth-order valence-corrected chi connectivity index (χ4v) is 28.5. The van der Waals surface area contributed by atoms with Crippen LogP contribution in [0.1, 0.15) is 12.5 Å². The number of fused-ring (bicyclic) bond motifs is 1. The van der Waals surface area contributed by atoms with Crippen molar-refractivity contribution in [3.63, 3.8) is 0 Å². The maximum absolute atomic E-state index is 2.62. The molecule has 2 heteroatoms. The van der Waals surface area contributed by atoms with E-state index in [0.29, 0.717) is 3.80 Å². The van der Waals surface area contributed by atoms with Crippen molar-refractivity contribution in [3.8, 4) is 0 Å². The number of benzene rings is 2. The van der Waals surface area contributed by atoms with Gasteiger partial charge in [0, 0.05) is 0 Å². The minimum absolute atomic E-state index is 0.314. The fourth-order valence-electron chi connectivity index (χ4n) is 3.41. The zero-order valence-corrected chi connectivity index (χ0v) is 19.1. The zero-order chi connectivity index (χ0) is 17.6. The van der Waals surface area contributed by atoms with Crippen LogP contribution in [0.15, 0.2) is 60.7 Å². The second-order valence-corrected chi connectivity index (χ2v) is 27.2. The van der Waals surface area contributed by atoms with Gasteiger partial charge in [0.05, 0.1) is 0 Å². The first-order chi connectivity index (χ1) is 11.1. The van der Waals surface area contributed by atoms with Crippen LogP contribution in [0, 0.1) is 0 Å². The Morgan fingerprint density at radius 2 is 1.62 bits per heavy atom. The molecule has 0 nitrogen and oxygen atoms in total. The van der Waals surface area contributed by atoms with Gasteiger partial charge in [0.2, 0.25) is 0 Å². The molecule has 0 spiro atoms. The summed E-state index contributed by atoms with van der Waals surface area (Å²) >= 11 is -1.85. The van der Waals surface area contributed by atoms with Crippen LogP contribution in [0.3, 0.4) is 0 Å². The molecule has 3 rings (SSSR count). The molecular weight excluding hydrogens is 487 g/mol. The zero-order valence-electron chi connectivity index (χ0n) is 15.8. The molecular formula is C22H30PtSi. The van der Waals surface area contributed by atoms with Gasteiger partial charge in [-0.1, -0.05) is 0 Å². The molecule has 0 saturated carbocycles. The van der Waals surface area contributed by atoms with E-state index < -0.39 is 24.1 Å². The maximum atomic E-state index is 2.62. The molecule has 0 aliphatic heterocycles. The van der Waals surface area contributed by atoms with Crippen molar-refractivity contribution < 1.29 is 16.1 Å². The van der Waals surface area contributed by atoms with Gasteiger partial charge in [0.25, 0.3) is 0 Å². The molecule has 0 N–H and O–H groups in total. The van der Waals surface area contributed by atoms with Crippen LogP contribution in [0.2, 0.25) is 38.5 Å². The number of rotatable bonds is 4. The Labute approximate surface area is 151 Å². The van der Waals surface area contributed by atoms with Gasteiger partial charge in [-0.15, -0.1) is 0 Å². The van der Waals surface area contributed by atoms with E-state index in [0.717, 1.165) is 0 Å². The van der Waals surface area contributed by atoms with Crippen molar-refractivity contribution in [2.45, 2.75) is 45.4 Å². The van der Waals surface area contributed by atoms with Gasteiger partial charge in [0.1, 0.15) is 0 Å². The summed E-state index contributed by atoms with van der Waals surface area (Å²) in [5.41, 5.74) is 2.77. The van der Waals surface area contributed by atoms with E-state index in [2.05, 4.69) is 97.9 Å². The molecule has 1 unspecified atom stereocenters. The molecule has 0 aromatic heterocycles. The van der Waals surface area contributed by atoms with Crippen molar-refractivity contribution in [1.82, 2.24) is 0 Å². The summed E-state index contributed by atoms with van der Waals surface area (Å²) in [7, 11) is -1.03. The predicted molar refractivity (Wildman–Crippen MR) is 109 cm³/mol. The van der Waals surface area contributed by atoms with Crippen molar-refractivity contribution in [2.75, 3.05) is 0 Å². The van der Waals surface area contributed by atoms with Crippen LogP contribution in [0.25, 0.3) is 16.3 Å². The van der Waals surface area contributed by atoms with E-state index in [9.17, 15) is 0 Å². The Bertz CT molecular complexity index is 823.